The van der Waals surface area contributed by atoms with Gasteiger partial charge in [-0.1, -0.05) is 11.6 Å². The van der Waals surface area contributed by atoms with Gasteiger partial charge in [0.25, 0.3) is 0 Å². The van der Waals surface area contributed by atoms with Gasteiger partial charge in [-0.05, 0) is 50.6 Å². The summed E-state index contributed by atoms with van der Waals surface area (Å²) in [6, 6.07) is 9.83. The molecule has 1 N–H and O–H groups in total. The van der Waals surface area contributed by atoms with E-state index in [0.717, 1.165) is 41.3 Å². The van der Waals surface area contributed by atoms with E-state index in [1.165, 1.54) is 0 Å². The van der Waals surface area contributed by atoms with E-state index < -0.39 is 5.60 Å². The van der Waals surface area contributed by atoms with Gasteiger partial charge in [0.05, 0.1) is 11.1 Å². The molecule has 0 aliphatic carbocycles. The van der Waals surface area contributed by atoms with E-state index >= 15 is 0 Å². The van der Waals surface area contributed by atoms with Crippen molar-refractivity contribution in [1.29, 1.82) is 0 Å². The molecule has 3 nitrogen and oxygen atoms in total. The highest BCUT2D eigenvalue weighted by Gasteiger charge is 2.33. The molecule has 1 unspecified atom stereocenters. The van der Waals surface area contributed by atoms with Crippen LogP contribution in [0.1, 0.15) is 20.3 Å². The van der Waals surface area contributed by atoms with Crippen LogP contribution in [0.2, 0.25) is 5.02 Å². The van der Waals surface area contributed by atoms with E-state index in [2.05, 4.69) is 11.0 Å². The van der Waals surface area contributed by atoms with E-state index in [1.807, 2.05) is 38.1 Å². The van der Waals surface area contributed by atoms with E-state index in [1.54, 1.807) is 0 Å². The molecule has 1 aromatic heterocycles. The molecule has 4 heteroatoms. The van der Waals surface area contributed by atoms with Crippen LogP contribution in [0.3, 0.4) is 0 Å². The second-order valence-electron chi connectivity index (χ2n) is 6.09. The normalized spacial score (nSPS) is 19.8. The minimum Gasteiger partial charge on any atom is -0.390 e. The van der Waals surface area contributed by atoms with Crippen molar-refractivity contribution in [3.63, 3.8) is 0 Å². The number of hydrogen-bond donors (Lipinski definition) is 1. The van der Waals surface area contributed by atoms with Crippen molar-refractivity contribution in [2.75, 3.05) is 18.0 Å². The van der Waals surface area contributed by atoms with Gasteiger partial charge in [0.15, 0.2) is 0 Å². The average molecular weight is 291 g/mol. The fourth-order valence-corrected chi connectivity index (χ4v) is 2.99. The minimum absolute atomic E-state index is 0.296. The molecular formula is C16H19ClN2O. The second-order valence-corrected chi connectivity index (χ2v) is 6.53. The molecule has 0 bridgehead atoms. The number of aromatic nitrogens is 1. The molecular weight excluding hydrogens is 272 g/mol. The smallest absolute Gasteiger partial charge is 0.129 e. The summed E-state index contributed by atoms with van der Waals surface area (Å²) < 4.78 is 0. The zero-order valence-corrected chi connectivity index (χ0v) is 12.6. The van der Waals surface area contributed by atoms with Crippen LogP contribution in [-0.2, 0) is 0 Å². The van der Waals surface area contributed by atoms with E-state index in [4.69, 9.17) is 16.6 Å². The maximum atomic E-state index is 10.1. The summed E-state index contributed by atoms with van der Waals surface area (Å²) in [6.07, 6.45) is 1.00. The zero-order valence-electron chi connectivity index (χ0n) is 11.8. The number of anilines is 1. The third-order valence-corrected chi connectivity index (χ3v) is 4.38. The predicted octanol–water partition coefficient (Wildman–Crippen LogP) is 3.49. The van der Waals surface area contributed by atoms with E-state index in [-0.39, 0.29) is 0 Å². The summed E-state index contributed by atoms with van der Waals surface area (Å²) in [6.45, 7) is 5.57. The third-order valence-electron chi connectivity index (χ3n) is 4.15. The first kappa shape index (κ1) is 13.7. The Hall–Kier alpha value is -1.32. The van der Waals surface area contributed by atoms with Gasteiger partial charge in [-0.25, -0.2) is 4.98 Å². The molecule has 3 rings (SSSR count). The maximum absolute atomic E-state index is 10.1. The molecule has 2 aromatic rings. The first-order valence-electron chi connectivity index (χ1n) is 6.97. The standard InChI is InChI=1S/C16H19ClN2O/c1-16(2,20)12-7-8-19(10-12)15-6-3-11-9-13(17)4-5-14(11)18-15/h3-6,9,12,20H,7-8,10H2,1-2H3. The molecule has 0 amide bonds. The minimum atomic E-state index is -0.626. The van der Waals surface area contributed by atoms with Gasteiger partial charge in [0.2, 0.25) is 0 Å². The number of pyridine rings is 1. The molecule has 1 aromatic carbocycles. The van der Waals surface area contributed by atoms with Crippen molar-refractivity contribution >= 4 is 28.3 Å². The predicted molar refractivity (Wildman–Crippen MR) is 83.4 cm³/mol. The number of fused-ring (bicyclic) bond motifs is 1. The van der Waals surface area contributed by atoms with Gasteiger partial charge < -0.3 is 10.0 Å². The largest absolute Gasteiger partial charge is 0.390 e. The molecule has 0 radical (unpaired) electrons. The lowest BCUT2D eigenvalue weighted by molar-refractivity contribution is 0.0263. The van der Waals surface area contributed by atoms with Crippen LogP contribution < -0.4 is 4.90 Å². The highest BCUT2D eigenvalue weighted by molar-refractivity contribution is 6.31. The highest BCUT2D eigenvalue weighted by Crippen LogP contribution is 2.30. The quantitative estimate of drug-likeness (QED) is 0.920. The van der Waals surface area contributed by atoms with Crippen LogP contribution in [0.4, 0.5) is 5.82 Å². The molecule has 0 spiro atoms. The zero-order chi connectivity index (χ0) is 14.3. The number of nitrogens with zero attached hydrogens (tertiary/aromatic N) is 2. The average Bonchev–Trinajstić information content (AvgIpc) is 2.87. The lowest BCUT2D eigenvalue weighted by Gasteiger charge is -2.26. The fraction of sp³-hybridized carbons (Fsp3) is 0.438. The Morgan fingerprint density at radius 2 is 2.10 bits per heavy atom. The Labute approximate surface area is 124 Å². The molecule has 1 fully saturated rings. The first-order chi connectivity index (χ1) is 9.43. The summed E-state index contributed by atoms with van der Waals surface area (Å²) in [5, 5.41) is 11.9. The number of rotatable bonds is 2. The van der Waals surface area contributed by atoms with Crippen LogP contribution in [0, 0.1) is 5.92 Å². The van der Waals surface area contributed by atoms with Gasteiger partial charge in [-0.2, -0.15) is 0 Å². The molecule has 20 heavy (non-hydrogen) atoms. The lowest BCUT2D eigenvalue weighted by Crippen LogP contribution is -2.33. The Morgan fingerprint density at radius 3 is 2.80 bits per heavy atom. The van der Waals surface area contributed by atoms with Gasteiger partial charge in [0, 0.05) is 29.4 Å². The van der Waals surface area contributed by atoms with Crippen LogP contribution in [0.5, 0.6) is 0 Å². The lowest BCUT2D eigenvalue weighted by atomic mass is 9.90. The molecule has 1 saturated heterocycles. The van der Waals surface area contributed by atoms with Crippen molar-refractivity contribution in [3.8, 4) is 0 Å². The number of halogens is 1. The molecule has 0 saturated carbocycles. The topological polar surface area (TPSA) is 36.4 Å². The summed E-state index contributed by atoms with van der Waals surface area (Å²) in [7, 11) is 0. The van der Waals surface area contributed by atoms with Crippen molar-refractivity contribution in [3.05, 3.63) is 35.4 Å². The molecule has 106 valence electrons. The first-order valence-corrected chi connectivity index (χ1v) is 7.35. The number of benzene rings is 1. The third kappa shape index (κ3) is 2.60. The fourth-order valence-electron chi connectivity index (χ4n) is 2.81. The second kappa shape index (κ2) is 4.90. The maximum Gasteiger partial charge on any atom is 0.129 e. The summed E-state index contributed by atoms with van der Waals surface area (Å²) in [4.78, 5) is 6.95. The van der Waals surface area contributed by atoms with Gasteiger partial charge >= 0.3 is 0 Å². The van der Waals surface area contributed by atoms with Crippen LogP contribution >= 0.6 is 11.6 Å². The van der Waals surface area contributed by atoms with Crippen molar-refractivity contribution in [2.45, 2.75) is 25.9 Å². The van der Waals surface area contributed by atoms with Crippen molar-refractivity contribution in [1.82, 2.24) is 4.98 Å². The SMILES string of the molecule is CC(C)(O)C1CCN(c2ccc3cc(Cl)ccc3n2)C1. The van der Waals surface area contributed by atoms with Gasteiger partial charge in [-0.15, -0.1) is 0 Å². The number of hydrogen-bond acceptors (Lipinski definition) is 3. The monoisotopic (exact) mass is 290 g/mol. The number of aliphatic hydroxyl groups is 1. The Morgan fingerprint density at radius 1 is 1.30 bits per heavy atom. The molecule has 1 atom stereocenters. The molecule has 2 heterocycles. The summed E-state index contributed by atoms with van der Waals surface area (Å²) in [5.74, 6) is 1.27. The van der Waals surface area contributed by atoms with Crippen molar-refractivity contribution < 1.29 is 5.11 Å². The van der Waals surface area contributed by atoms with Gasteiger partial charge in [0.1, 0.15) is 5.82 Å². The van der Waals surface area contributed by atoms with Gasteiger partial charge in [-0.3, -0.25) is 0 Å². The Balaban J connectivity index is 1.87. The van der Waals surface area contributed by atoms with E-state index in [0.29, 0.717) is 5.92 Å². The Bertz CT molecular complexity index is 636. The van der Waals surface area contributed by atoms with Crippen molar-refractivity contribution in [2.24, 2.45) is 5.92 Å². The molecule has 1 aliphatic rings. The van der Waals surface area contributed by atoms with Crippen LogP contribution in [0.15, 0.2) is 30.3 Å². The van der Waals surface area contributed by atoms with Crippen LogP contribution in [-0.4, -0.2) is 28.8 Å². The molecule has 1 aliphatic heterocycles. The van der Waals surface area contributed by atoms with E-state index in [9.17, 15) is 5.11 Å². The summed E-state index contributed by atoms with van der Waals surface area (Å²) >= 11 is 5.99. The summed E-state index contributed by atoms with van der Waals surface area (Å²) in [5.41, 5.74) is 0.331. The highest BCUT2D eigenvalue weighted by atomic mass is 35.5. The van der Waals surface area contributed by atoms with Crippen LogP contribution in [0.25, 0.3) is 10.9 Å². The Kier molecular flexibility index (Phi) is 3.35.